The zero-order valence-electron chi connectivity index (χ0n) is 10.5. The quantitative estimate of drug-likeness (QED) is 0.886. The van der Waals surface area contributed by atoms with Crippen molar-refractivity contribution in [1.29, 1.82) is 0 Å². The molecule has 1 aliphatic carbocycles. The smallest absolute Gasteiger partial charge is 0.142 e. The Labute approximate surface area is 112 Å². The van der Waals surface area contributed by atoms with E-state index in [1.807, 2.05) is 13.1 Å². The van der Waals surface area contributed by atoms with Gasteiger partial charge < -0.3 is 10.4 Å². The second-order valence-electron chi connectivity index (χ2n) is 5.08. The van der Waals surface area contributed by atoms with Gasteiger partial charge in [-0.1, -0.05) is 30.5 Å². The summed E-state index contributed by atoms with van der Waals surface area (Å²) < 4.78 is 13.6. The van der Waals surface area contributed by atoms with Crippen molar-refractivity contribution in [1.82, 2.24) is 5.32 Å². The lowest BCUT2D eigenvalue weighted by atomic mass is 9.67. The van der Waals surface area contributed by atoms with Crippen LogP contribution in [0.4, 0.5) is 4.39 Å². The highest BCUT2D eigenvalue weighted by molar-refractivity contribution is 6.30. The lowest BCUT2D eigenvalue weighted by Gasteiger charge is -2.42. The van der Waals surface area contributed by atoms with Gasteiger partial charge >= 0.3 is 0 Å². The normalized spacial score (nSPS) is 28.3. The van der Waals surface area contributed by atoms with E-state index in [1.165, 1.54) is 6.07 Å². The summed E-state index contributed by atoms with van der Waals surface area (Å²) in [6, 6.07) is 4.87. The fraction of sp³-hybridized carbons (Fsp3) is 0.571. The Bertz CT molecular complexity index is 422. The number of rotatable bonds is 3. The molecule has 0 saturated heterocycles. The zero-order chi connectivity index (χ0) is 13.2. The first-order valence-electron chi connectivity index (χ1n) is 6.38. The number of aliphatic hydroxyl groups is 1. The first kappa shape index (κ1) is 13.8. The average molecular weight is 272 g/mol. The molecule has 1 aromatic carbocycles. The van der Waals surface area contributed by atoms with Crippen molar-refractivity contribution in [2.45, 2.75) is 37.2 Å². The van der Waals surface area contributed by atoms with Gasteiger partial charge in [0.15, 0.2) is 0 Å². The van der Waals surface area contributed by atoms with Gasteiger partial charge in [-0.2, -0.15) is 0 Å². The number of likely N-dealkylation sites (N-methyl/N-ethyl adjacent to an activating group) is 1. The van der Waals surface area contributed by atoms with E-state index < -0.39 is 17.3 Å². The summed E-state index contributed by atoms with van der Waals surface area (Å²) in [5.41, 5.74) is 0.448. The van der Waals surface area contributed by atoms with E-state index in [9.17, 15) is 9.50 Å². The predicted octanol–water partition coefficient (Wildman–Crippen LogP) is 2.87. The van der Waals surface area contributed by atoms with Gasteiger partial charge in [0.2, 0.25) is 0 Å². The molecule has 0 amide bonds. The topological polar surface area (TPSA) is 32.3 Å². The van der Waals surface area contributed by atoms with Crippen LogP contribution in [-0.2, 0) is 5.41 Å². The summed E-state index contributed by atoms with van der Waals surface area (Å²) in [7, 11) is 1.86. The number of hydrogen-bond acceptors (Lipinski definition) is 2. The van der Waals surface area contributed by atoms with Crippen molar-refractivity contribution in [3.05, 3.63) is 34.6 Å². The molecule has 0 spiro atoms. The molecular formula is C14H19ClFNO. The summed E-state index contributed by atoms with van der Waals surface area (Å²) in [6.07, 6.45) is 3.30. The van der Waals surface area contributed by atoms with Crippen LogP contribution in [0.2, 0.25) is 5.02 Å². The van der Waals surface area contributed by atoms with Crippen LogP contribution in [0, 0.1) is 5.82 Å². The lowest BCUT2D eigenvalue weighted by molar-refractivity contribution is 0.0423. The van der Waals surface area contributed by atoms with Crippen molar-refractivity contribution in [3.8, 4) is 0 Å². The highest BCUT2D eigenvalue weighted by Gasteiger charge is 2.41. The monoisotopic (exact) mass is 271 g/mol. The molecule has 2 nitrogen and oxygen atoms in total. The predicted molar refractivity (Wildman–Crippen MR) is 71.5 cm³/mol. The van der Waals surface area contributed by atoms with E-state index in [2.05, 4.69) is 5.32 Å². The van der Waals surface area contributed by atoms with Gasteiger partial charge in [-0.25, -0.2) is 4.39 Å². The molecule has 0 aromatic heterocycles. The van der Waals surface area contributed by atoms with Crippen LogP contribution in [0.1, 0.15) is 31.2 Å². The molecule has 0 aliphatic heterocycles. The van der Waals surface area contributed by atoms with Crippen LogP contribution in [0.3, 0.4) is 0 Å². The minimum atomic E-state index is -0.431. The number of nitrogens with one attached hydrogen (secondary N) is 1. The van der Waals surface area contributed by atoms with Crippen LogP contribution in [0.15, 0.2) is 18.2 Å². The number of aliphatic hydroxyl groups excluding tert-OH is 1. The molecule has 0 unspecified atom stereocenters. The largest absolute Gasteiger partial charge is 0.392 e. The molecule has 0 bridgehead atoms. The average Bonchev–Trinajstić information content (AvgIpc) is 2.36. The number of benzene rings is 1. The van der Waals surface area contributed by atoms with Crippen molar-refractivity contribution in [2.24, 2.45) is 0 Å². The maximum absolute atomic E-state index is 13.6. The third-order valence-corrected chi connectivity index (χ3v) is 4.28. The lowest BCUT2D eigenvalue weighted by Crippen LogP contribution is -2.48. The number of hydrogen-bond donors (Lipinski definition) is 2. The summed E-state index contributed by atoms with van der Waals surface area (Å²) >= 11 is 5.73. The SMILES string of the molecule is CNC[C@]1(c2ccc(Cl)c(F)c2)CCCC[C@H]1O. The molecule has 18 heavy (non-hydrogen) atoms. The highest BCUT2D eigenvalue weighted by atomic mass is 35.5. The third kappa shape index (κ3) is 2.40. The van der Waals surface area contributed by atoms with E-state index in [4.69, 9.17) is 11.6 Å². The van der Waals surface area contributed by atoms with Gasteiger partial charge in [0, 0.05) is 12.0 Å². The van der Waals surface area contributed by atoms with E-state index >= 15 is 0 Å². The maximum atomic E-state index is 13.6. The third-order valence-electron chi connectivity index (χ3n) is 3.98. The summed E-state index contributed by atoms with van der Waals surface area (Å²) in [5.74, 6) is -0.414. The van der Waals surface area contributed by atoms with E-state index in [1.54, 1.807) is 6.07 Å². The molecular weight excluding hydrogens is 253 g/mol. The fourth-order valence-corrected chi connectivity index (χ4v) is 3.10. The molecule has 2 N–H and O–H groups in total. The Hall–Kier alpha value is -0.640. The van der Waals surface area contributed by atoms with Gasteiger partial charge in [0.1, 0.15) is 5.82 Å². The molecule has 2 rings (SSSR count). The second kappa shape index (κ2) is 5.55. The highest BCUT2D eigenvalue weighted by Crippen LogP contribution is 2.40. The van der Waals surface area contributed by atoms with Gasteiger partial charge in [-0.15, -0.1) is 0 Å². The molecule has 1 aromatic rings. The zero-order valence-corrected chi connectivity index (χ0v) is 11.3. The Morgan fingerprint density at radius 1 is 1.50 bits per heavy atom. The Morgan fingerprint density at radius 2 is 2.28 bits per heavy atom. The van der Waals surface area contributed by atoms with Crippen LogP contribution in [0.5, 0.6) is 0 Å². The van der Waals surface area contributed by atoms with E-state index in [0.29, 0.717) is 6.54 Å². The van der Waals surface area contributed by atoms with Crippen molar-refractivity contribution >= 4 is 11.6 Å². The molecule has 4 heteroatoms. The molecule has 1 aliphatic rings. The number of halogens is 2. The first-order valence-corrected chi connectivity index (χ1v) is 6.76. The Morgan fingerprint density at radius 3 is 2.89 bits per heavy atom. The first-order chi connectivity index (χ1) is 8.60. The van der Waals surface area contributed by atoms with Crippen LogP contribution in [-0.4, -0.2) is 24.8 Å². The molecule has 1 fully saturated rings. The fourth-order valence-electron chi connectivity index (χ4n) is 2.99. The molecule has 2 atom stereocenters. The molecule has 1 saturated carbocycles. The van der Waals surface area contributed by atoms with Gasteiger partial charge in [-0.3, -0.25) is 0 Å². The van der Waals surface area contributed by atoms with Crippen molar-refractivity contribution < 1.29 is 9.50 Å². The minimum absolute atomic E-state index is 0.128. The summed E-state index contributed by atoms with van der Waals surface area (Å²) in [4.78, 5) is 0. The van der Waals surface area contributed by atoms with Gasteiger partial charge in [-0.05, 0) is 37.6 Å². The van der Waals surface area contributed by atoms with Gasteiger partial charge in [0.25, 0.3) is 0 Å². The van der Waals surface area contributed by atoms with E-state index in [0.717, 1.165) is 31.2 Å². The Kier molecular flexibility index (Phi) is 4.25. The minimum Gasteiger partial charge on any atom is -0.392 e. The van der Waals surface area contributed by atoms with Crippen LogP contribution >= 0.6 is 11.6 Å². The van der Waals surface area contributed by atoms with Gasteiger partial charge in [0.05, 0.1) is 11.1 Å². The molecule has 0 radical (unpaired) electrons. The molecule has 100 valence electrons. The molecule has 0 heterocycles. The van der Waals surface area contributed by atoms with Crippen LogP contribution < -0.4 is 5.32 Å². The maximum Gasteiger partial charge on any atom is 0.142 e. The standard InChI is InChI=1S/C14H19ClFNO/c1-17-9-14(7-3-2-4-13(14)18)10-5-6-11(15)12(16)8-10/h5-6,8,13,17-18H,2-4,7,9H2,1H3/t13-,14+/m1/s1. The van der Waals surface area contributed by atoms with Crippen molar-refractivity contribution in [3.63, 3.8) is 0 Å². The Balaban J connectivity index is 2.42. The van der Waals surface area contributed by atoms with E-state index in [-0.39, 0.29) is 5.02 Å². The summed E-state index contributed by atoms with van der Waals surface area (Å²) in [5, 5.41) is 13.6. The van der Waals surface area contributed by atoms with Crippen LogP contribution in [0.25, 0.3) is 0 Å². The van der Waals surface area contributed by atoms with Crippen molar-refractivity contribution in [2.75, 3.05) is 13.6 Å². The summed E-state index contributed by atoms with van der Waals surface area (Å²) in [6.45, 7) is 0.648. The second-order valence-corrected chi connectivity index (χ2v) is 5.48.